The number of para-hydroxylation sites is 1. The molecule has 0 spiro atoms. The Morgan fingerprint density at radius 3 is 2.69 bits per heavy atom. The van der Waals surface area contributed by atoms with E-state index in [1.807, 2.05) is 62.4 Å². The van der Waals surface area contributed by atoms with E-state index < -0.39 is 5.25 Å². The highest BCUT2D eigenvalue weighted by atomic mass is 32.2. The molecule has 1 atom stereocenters. The van der Waals surface area contributed by atoms with Gasteiger partial charge in [0.25, 0.3) is 0 Å². The van der Waals surface area contributed by atoms with Gasteiger partial charge in [0.05, 0.1) is 18.8 Å². The summed E-state index contributed by atoms with van der Waals surface area (Å²) in [7, 11) is 1.59. The SMILES string of the molecule is COCCN1C(=O)[C@@H](CC(=O)Nc2cc(C)ccc2C)SC1=Nc1ccccc1. The highest BCUT2D eigenvalue weighted by molar-refractivity contribution is 8.15. The predicted molar refractivity (Wildman–Crippen MR) is 118 cm³/mol. The summed E-state index contributed by atoms with van der Waals surface area (Å²) in [6.07, 6.45) is 0.0914. The number of nitrogens with zero attached hydrogens (tertiary/aromatic N) is 2. The van der Waals surface area contributed by atoms with Crippen LogP contribution in [0.25, 0.3) is 0 Å². The minimum absolute atomic E-state index is 0.0914. The van der Waals surface area contributed by atoms with E-state index in [9.17, 15) is 9.59 Å². The number of thioether (sulfide) groups is 1. The number of aryl methyl sites for hydroxylation is 2. The van der Waals surface area contributed by atoms with Crippen LogP contribution in [0.4, 0.5) is 11.4 Å². The number of hydrogen-bond acceptors (Lipinski definition) is 5. The lowest BCUT2D eigenvalue weighted by atomic mass is 10.1. The Labute approximate surface area is 175 Å². The van der Waals surface area contributed by atoms with E-state index in [4.69, 9.17) is 4.74 Å². The first-order valence-electron chi connectivity index (χ1n) is 9.45. The molecule has 2 amide bonds. The van der Waals surface area contributed by atoms with Crippen molar-refractivity contribution in [3.63, 3.8) is 0 Å². The molecule has 6 nitrogen and oxygen atoms in total. The Balaban J connectivity index is 1.73. The smallest absolute Gasteiger partial charge is 0.242 e. The van der Waals surface area contributed by atoms with Gasteiger partial charge in [0.15, 0.2) is 5.17 Å². The Morgan fingerprint density at radius 1 is 1.21 bits per heavy atom. The number of ether oxygens (including phenoxy) is 1. The van der Waals surface area contributed by atoms with E-state index in [2.05, 4.69) is 10.3 Å². The number of amides is 2. The normalized spacial score (nSPS) is 17.8. The Kier molecular flexibility index (Phi) is 7.06. The third-order valence-electron chi connectivity index (χ3n) is 4.56. The monoisotopic (exact) mass is 411 g/mol. The summed E-state index contributed by atoms with van der Waals surface area (Å²) < 4.78 is 5.13. The molecular formula is C22H25N3O3S. The van der Waals surface area contributed by atoms with Gasteiger partial charge in [0.2, 0.25) is 11.8 Å². The zero-order chi connectivity index (χ0) is 20.8. The molecular weight excluding hydrogens is 386 g/mol. The number of methoxy groups -OCH3 is 1. The maximum absolute atomic E-state index is 12.9. The largest absolute Gasteiger partial charge is 0.383 e. The fraction of sp³-hybridized carbons (Fsp3) is 0.318. The zero-order valence-corrected chi connectivity index (χ0v) is 17.7. The van der Waals surface area contributed by atoms with Crippen LogP contribution in [0.3, 0.4) is 0 Å². The van der Waals surface area contributed by atoms with Crippen LogP contribution in [-0.4, -0.2) is 47.4 Å². The van der Waals surface area contributed by atoms with Gasteiger partial charge in [-0.2, -0.15) is 0 Å². The lowest BCUT2D eigenvalue weighted by Gasteiger charge is -2.16. The second-order valence-electron chi connectivity index (χ2n) is 6.89. The van der Waals surface area contributed by atoms with E-state index in [1.165, 1.54) is 11.8 Å². The van der Waals surface area contributed by atoms with Gasteiger partial charge in [-0.25, -0.2) is 4.99 Å². The van der Waals surface area contributed by atoms with Crippen LogP contribution >= 0.6 is 11.8 Å². The average Bonchev–Trinajstić information content (AvgIpc) is 2.98. The molecule has 0 aliphatic carbocycles. The molecule has 0 saturated carbocycles. The molecule has 0 radical (unpaired) electrons. The fourth-order valence-corrected chi connectivity index (χ4v) is 4.15. The first-order chi connectivity index (χ1) is 14.0. The number of hydrogen-bond donors (Lipinski definition) is 1. The molecule has 2 aromatic carbocycles. The minimum atomic E-state index is -0.501. The lowest BCUT2D eigenvalue weighted by molar-refractivity contribution is -0.128. The van der Waals surface area contributed by atoms with E-state index >= 15 is 0 Å². The number of aliphatic imine (C=N–C) groups is 1. The molecule has 1 N–H and O–H groups in total. The van der Waals surface area contributed by atoms with Gasteiger partial charge in [0.1, 0.15) is 5.25 Å². The predicted octanol–water partition coefficient (Wildman–Crippen LogP) is 3.91. The van der Waals surface area contributed by atoms with E-state index in [0.29, 0.717) is 18.3 Å². The second-order valence-corrected chi connectivity index (χ2v) is 8.06. The molecule has 1 heterocycles. The molecule has 3 rings (SSSR count). The maximum Gasteiger partial charge on any atom is 0.242 e. The number of amidine groups is 1. The number of rotatable bonds is 7. The third-order valence-corrected chi connectivity index (χ3v) is 5.73. The van der Waals surface area contributed by atoms with Crippen LogP contribution in [-0.2, 0) is 14.3 Å². The summed E-state index contributed by atoms with van der Waals surface area (Å²) in [5, 5.41) is 3.03. The quantitative estimate of drug-likeness (QED) is 0.750. The van der Waals surface area contributed by atoms with E-state index in [-0.39, 0.29) is 18.2 Å². The van der Waals surface area contributed by atoms with Gasteiger partial charge in [-0.05, 0) is 43.2 Å². The standard InChI is InChI=1S/C22H25N3O3S/c1-15-9-10-16(2)18(13-15)24-20(26)14-19-21(27)25(11-12-28-3)22(29-19)23-17-7-5-4-6-8-17/h4-10,13,19H,11-12,14H2,1-3H3,(H,24,26)/t19-/m1/s1. The third kappa shape index (κ3) is 5.46. The summed E-state index contributed by atoms with van der Waals surface area (Å²) in [5.41, 5.74) is 3.60. The molecule has 2 aromatic rings. The van der Waals surface area contributed by atoms with Crippen LogP contribution in [0, 0.1) is 13.8 Å². The van der Waals surface area contributed by atoms with Crippen molar-refractivity contribution >= 4 is 40.1 Å². The molecule has 1 fully saturated rings. The molecule has 0 bridgehead atoms. The molecule has 7 heteroatoms. The molecule has 1 aliphatic heterocycles. The number of benzene rings is 2. The molecule has 0 unspecified atom stereocenters. The van der Waals surface area contributed by atoms with Gasteiger partial charge in [0, 0.05) is 19.2 Å². The number of nitrogens with one attached hydrogen (secondary N) is 1. The van der Waals surface area contributed by atoms with Gasteiger partial charge >= 0.3 is 0 Å². The number of carbonyl (C=O) groups excluding carboxylic acids is 2. The minimum Gasteiger partial charge on any atom is -0.383 e. The van der Waals surface area contributed by atoms with Gasteiger partial charge in [-0.15, -0.1) is 0 Å². The van der Waals surface area contributed by atoms with Crippen LogP contribution in [0.2, 0.25) is 0 Å². The Bertz CT molecular complexity index is 915. The average molecular weight is 412 g/mol. The highest BCUT2D eigenvalue weighted by Crippen LogP contribution is 2.32. The summed E-state index contributed by atoms with van der Waals surface area (Å²) >= 11 is 1.33. The van der Waals surface area contributed by atoms with Crippen molar-refractivity contribution in [1.82, 2.24) is 4.90 Å². The lowest BCUT2D eigenvalue weighted by Crippen LogP contribution is -2.35. The molecule has 1 aliphatic rings. The number of carbonyl (C=O) groups is 2. The summed E-state index contributed by atoms with van der Waals surface area (Å²) in [5.74, 6) is -0.296. The van der Waals surface area contributed by atoms with E-state index in [0.717, 1.165) is 22.5 Å². The molecule has 0 aromatic heterocycles. The van der Waals surface area contributed by atoms with Crippen molar-refractivity contribution in [2.75, 3.05) is 25.6 Å². The topological polar surface area (TPSA) is 71.0 Å². The Morgan fingerprint density at radius 2 is 1.97 bits per heavy atom. The zero-order valence-electron chi connectivity index (χ0n) is 16.8. The van der Waals surface area contributed by atoms with Crippen molar-refractivity contribution in [2.45, 2.75) is 25.5 Å². The van der Waals surface area contributed by atoms with Crippen molar-refractivity contribution < 1.29 is 14.3 Å². The fourth-order valence-electron chi connectivity index (χ4n) is 2.97. The van der Waals surface area contributed by atoms with Crippen molar-refractivity contribution in [3.8, 4) is 0 Å². The maximum atomic E-state index is 12.9. The molecule has 1 saturated heterocycles. The van der Waals surface area contributed by atoms with Crippen LogP contribution in [0.15, 0.2) is 53.5 Å². The Hall–Kier alpha value is -2.64. The summed E-state index contributed by atoms with van der Waals surface area (Å²) in [4.78, 5) is 31.7. The summed E-state index contributed by atoms with van der Waals surface area (Å²) in [6, 6.07) is 15.4. The molecule has 152 valence electrons. The van der Waals surface area contributed by atoms with Gasteiger partial charge in [-0.1, -0.05) is 42.1 Å². The molecule has 29 heavy (non-hydrogen) atoms. The van der Waals surface area contributed by atoms with Crippen molar-refractivity contribution in [2.24, 2.45) is 4.99 Å². The first kappa shape index (κ1) is 21.1. The summed E-state index contributed by atoms with van der Waals surface area (Å²) in [6.45, 7) is 4.73. The highest BCUT2D eigenvalue weighted by Gasteiger charge is 2.39. The van der Waals surface area contributed by atoms with Crippen molar-refractivity contribution in [1.29, 1.82) is 0 Å². The van der Waals surface area contributed by atoms with Crippen LogP contribution in [0.1, 0.15) is 17.5 Å². The van der Waals surface area contributed by atoms with Gasteiger partial charge in [-0.3, -0.25) is 14.5 Å². The second kappa shape index (κ2) is 9.71. The van der Waals surface area contributed by atoms with E-state index in [1.54, 1.807) is 12.0 Å². The van der Waals surface area contributed by atoms with Crippen LogP contribution in [0.5, 0.6) is 0 Å². The first-order valence-corrected chi connectivity index (χ1v) is 10.3. The van der Waals surface area contributed by atoms with Crippen molar-refractivity contribution in [3.05, 3.63) is 59.7 Å². The number of anilines is 1. The van der Waals surface area contributed by atoms with Crippen LogP contribution < -0.4 is 5.32 Å². The van der Waals surface area contributed by atoms with Gasteiger partial charge < -0.3 is 10.1 Å².